The van der Waals surface area contributed by atoms with Gasteiger partial charge in [-0.05, 0) is 54.9 Å². The Balaban J connectivity index is 1.30. The Bertz CT molecular complexity index is 1090. The molecular weight excluding hydrogens is 397 g/mol. The number of thiophene rings is 1. The van der Waals surface area contributed by atoms with E-state index in [0.717, 1.165) is 53.6 Å². The zero-order valence-corrected chi connectivity index (χ0v) is 16.4. The summed E-state index contributed by atoms with van der Waals surface area (Å²) >= 11 is 1.49. The molecule has 0 aliphatic heterocycles. The lowest BCUT2D eigenvalue weighted by molar-refractivity contribution is -0.137. The summed E-state index contributed by atoms with van der Waals surface area (Å²) in [6.45, 7) is 0.399. The SMILES string of the molecule is [2H]C1CC2(C1)CC(NC(=O)c1csc3ccn(Cc4ccc(C(F)(F)F)cc4)c13)C2. The summed E-state index contributed by atoms with van der Waals surface area (Å²) in [6, 6.07) is 7.23. The summed E-state index contributed by atoms with van der Waals surface area (Å²) in [6.07, 6.45) is 1.37. The Kier molecular flexibility index (Phi) is 4.01. The van der Waals surface area contributed by atoms with Crippen LogP contribution in [0.3, 0.4) is 0 Å². The van der Waals surface area contributed by atoms with Gasteiger partial charge in [0.25, 0.3) is 5.91 Å². The van der Waals surface area contributed by atoms with Gasteiger partial charge in [0.2, 0.25) is 0 Å². The second-order valence-corrected chi connectivity index (χ2v) is 9.19. The number of nitrogens with zero attached hydrogens (tertiary/aromatic N) is 1. The molecule has 0 unspecified atom stereocenters. The molecule has 1 aromatic carbocycles. The first-order chi connectivity index (χ1) is 14.2. The van der Waals surface area contributed by atoms with E-state index in [9.17, 15) is 18.0 Å². The third-order valence-electron chi connectivity index (χ3n) is 6.21. The van der Waals surface area contributed by atoms with Crippen molar-refractivity contribution in [3.8, 4) is 0 Å². The number of hydrogen-bond acceptors (Lipinski definition) is 2. The van der Waals surface area contributed by atoms with Crippen molar-refractivity contribution in [1.82, 2.24) is 9.88 Å². The van der Waals surface area contributed by atoms with Crippen LogP contribution < -0.4 is 5.32 Å². The second-order valence-electron chi connectivity index (χ2n) is 8.28. The predicted molar refractivity (Wildman–Crippen MR) is 107 cm³/mol. The molecule has 3 aromatic rings. The van der Waals surface area contributed by atoms with Crippen LogP contribution in [-0.2, 0) is 12.7 Å². The fraction of sp³-hybridized carbons (Fsp3) is 0.409. The Morgan fingerprint density at radius 3 is 2.62 bits per heavy atom. The first kappa shape index (κ1) is 17.6. The Hall–Kier alpha value is -2.28. The molecular formula is C22H21F3N2OS. The molecule has 0 radical (unpaired) electrons. The van der Waals surface area contributed by atoms with Gasteiger partial charge in [0.15, 0.2) is 0 Å². The smallest absolute Gasteiger partial charge is 0.349 e. The van der Waals surface area contributed by atoms with Gasteiger partial charge in [0.05, 0.1) is 21.3 Å². The number of benzene rings is 1. The van der Waals surface area contributed by atoms with Crippen molar-refractivity contribution < 1.29 is 19.3 Å². The quantitative estimate of drug-likeness (QED) is 0.567. The molecule has 2 heterocycles. The van der Waals surface area contributed by atoms with Crippen molar-refractivity contribution in [3.05, 3.63) is 58.6 Å². The molecule has 29 heavy (non-hydrogen) atoms. The molecule has 0 bridgehead atoms. The molecule has 0 atom stereocenters. The van der Waals surface area contributed by atoms with E-state index in [2.05, 4.69) is 5.32 Å². The molecule has 2 fully saturated rings. The molecule has 5 rings (SSSR count). The van der Waals surface area contributed by atoms with Crippen molar-refractivity contribution in [1.29, 1.82) is 0 Å². The number of hydrogen-bond donors (Lipinski definition) is 1. The Morgan fingerprint density at radius 2 is 1.97 bits per heavy atom. The number of carbonyl (C=O) groups excluding carboxylic acids is 1. The maximum Gasteiger partial charge on any atom is 0.416 e. The normalized spacial score (nSPS) is 26.8. The van der Waals surface area contributed by atoms with Gasteiger partial charge in [-0.15, -0.1) is 11.3 Å². The summed E-state index contributed by atoms with van der Waals surface area (Å²) in [5.41, 5.74) is 1.80. The summed E-state index contributed by atoms with van der Waals surface area (Å²) in [5, 5.41) is 4.97. The monoisotopic (exact) mass is 419 g/mol. The van der Waals surface area contributed by atoms with Gasteiger partial charge >= 0.3 is 6.18 Å². The number of nitrogens with one attached hydrogen (secondary N) is 1. The van der Waals surface area contributed by atoms with Gasteiger partial charge in [0.1, 0.15) is 0 Å². The van der Waals surface area contributed by atoms with Crippen LogP contribution in [0.1, 0.15) is 54.9 Å². The predicted octanol–water partition coefficient (Wildman–Crippen LogP) is 5.83. The van der Waals surface area contributed by atoms with E-state index in [4.69, 9.17) is 1.37 Å². The highest BCUT2D eigenvalue weighted by atomic mass is 32.1. The third-order valence-corrected chi connectivity index (χ3v) is 7.15. The maximum absolute atomic E-state index is 12.9. The van der Waals surface area contributed by atoms with Crippen LogP contribution >= 0.6 is 11.3 Å². The highest BCUT2D eigenvalue weighted by Crippen LogP contribution is 2.55. The van der Waals surface area contributed by atoms with Crippen LogP contribution in [0.4, 0.5) is 13.2 Å². The van der Waals surface area contributed by atoms with Gasteiger partial charge in [-0.1, -0.05) is 18.5 Å². The van der Waals surface area contributed by atoms with Crippen molar-refractivity contribution >= 4 is 27.5 Å². The molecule has 7 heteroatoms. The highest BCUT2D eigenvalue weighted by Gasteiger charge is 2.48. The van der Waals surface area contributed by atoms with Gasteiger partial charge in [-0.2, -0.15) is 13.2 Å². The number of carbonyl (C=O) groups is 1. The van der Waals surface area contributed by atoms with Crippen LogP contribution in [0.5, 0.6) is 0 Å². The third kappa shape index (κ3) is 3.35. The average molecular weight is 419 g/mol. The van der Waals surface area contributed by atoms with E-state index in [-0.39, 0.29) is 23.8 Å². The van der Waals surface area contributed by atoms with Gasteiger partial charge in [-0.25, -0.2) is 0 Å². The van der Waals surface area contributed by atoms with Gasteiger partial charge < -0.3 is 9.88 Å². The number of rotatable bonds is 4. The molecule has 2 aromatic heterocycles. The minimum Gasteiger partial charge on any atom is -0.349 e. The molecule has 152 valence electrons. The van der Waals surface area contributed by atoms with Crippen molar-refractivity contribution in [3.63, 3.8) is 0 Å². The van der Waals surface area contributed by atoms with Crippen molar-refractivity contribution in [2.45, 2.75) is 50.8 Å². The fourth-order valence-electron chi connectivity index (χ4n) is 4.54. The van der Waals surface area contributed by atoms with Crippen LogP contribution in [0, 0.1) is 5.41 Å². The zero-order valence-electron chi connectivity index (χ0n) is 16.6. The number of amides is 1. The highest BCUT2D eigenvalue weighted by molar-refractivity contribution is 7.17. The molecule has 2 saturated carbocycles. The van der Waals surface area contributed by atoms with Crippen LogP contribution in [-0.4, -0.2) is 16.5 Å². The fourth-order valence-corrected chi connectivity index (χ4v) is 5.48. The average Bonchev–Trinajstić information content (AvgIpc) is 3.21. The molecule has 3 nitrogen and oxygen atoms in total. The standard InChI is InChI=1S/C22H21F3N2OS/c23-22(24,25)15-4-2-14(3-5-15)12-27-9-6-18-19(27)17(13-29-18)20(28)26-16-10-21(11-16)7-1-8-21/h2-6,9,13,16H,1,7-8,10-12H2,(H,26,28)/i1D. The minimum absolute atomic E-state index is 0.0617. The Morgan fingerprint density at radius 1 is 1.24 bits per heavy atom. The van der Waals surface area contributed by atoms with E-state index >= 15 is 0 Å². The molecule has 0 saturated heterocycles. The van der Waals surface area contributed by atoms with E-state index in [1.165, 1.54) is 23.5 Å². The lowest BCUT2D eigenvalue weighted by Gasteiger charge is -2.54. The number of aromatic nitrogens is 1. The molecule has 2 aliphatic carbocycles. The van der Waals surface area contributed by atoms with Crippen molar-refractivity contribution in [2.75, 3.05) is 0 Å². The number of alkyl halides is 3. The summed E-state index contributed by atoms with van der Waals surface area (Å²) in [4.78, 5) is 12.9. The van der Waals surface area contributed by atoms with Crippen LogP contribution in [0.15, 0.2) is 41.9 Å². The first-order valence-corrected chi connectivity index (χ1v) is 10.6. The van der Waals surface area contributed by atoms with Gasteiger partial charge in [-0.3, -0.25) is 4.79 Å². The Labute approximate surface area is 171 Å². The van der Waals surface area contributed by atoms with Crippen LogP contribution in [0.2, 0.25) is 0 Å². The maximum atomic E-state index is 12.9. The molecule has 2 aliphatic rings. The van der Waals surface area contributed by atoms with E-state index < -0.39 is 11.7 Å². The van der Waals surface area contributed by atoms with E-state index in [1.54, 1.807) is 0 Å². The lowest BCUT2D eigenvalue weighted by atomic mass is 9.54. The summed E-state index contributed by atoms with van der Waals surface area (Å²) in [7, 11) is 0. The molecule has 1 N–H and O–H groups in total. The zero-order chi connectivity index (χ0) is 21.1. The largest absolute Gasteiger partial charge is 0.416 e. The minimum atomic E-state index is -4.35. The number of fused-ring (bicyclic) bond motifs is 1. The molecule has 1 spiro atoms. The number of halogens is 3. The lowest BCUT2D eigenvalue weighted by Crippen LogP contribution is -2.53. The van der Waals surface area contributed by atoms with Crippen molar-refractivity contribution in [2.24, 2.45) is 5.41 Å². The summed E-state index contributed by atoms with van der Waals surface area (Å²) < 4.78 is 49.0. The van der Waals surface area contributed by atoms with E-state index in [0.29, 0.717) is 12.1 Å². The molecule has 1 amide bonds. The van der Waals surface area contributed by atoms with Crippen LogP contribution in [0.25, 0.3) is 10.2 Å². The van der Waals surface area contributed by atoms with E-state index in [1.807, 2.05) is 22.2 Å². The topological polar surface area (TPSA) is 34.0 Å². The first-order valence-electron chi connectivity index (χ1n) is 10.3. The second kappa shape index (κ2) is 6.62. The summed E-state index contributed by atoms with van der Waals surface area (Å²) in [5.74, 6) is -0.102. The van der Waals surface area contributed by atoms with Gasteiger partial charge in [0, 0.05) is 25.5 Å².